The first kappa shape index (κ1) is 18.1. The van der Waals surface area contributed by atoms with Crippen LogP contribution in [0.1, 0.15) is 11.1 Å². The van der Waals surface area contributed by atoms with E-state index < -0.39 is 0 Å². The molecule has 6 heteroatoms. The van der Waals surface area contributed by atoms with Gasteiger partial charge < -0.3 is 9.30 Å². The van der Waals surface area contributed by atoms with E-state index in [-0.39, 0.29) is 17.7 Å². The third-order valence-corrected chi connectivity index (χ3v) is 4.74. The number of benzene rings is 2. The van der Waals surface area contributed by atoms with Gasteiger partial charge in [0.25, 0.3) is 5.56 Å². The Bertz CT molecular complexity index is 1050. The minimum atomic E-state index is -0.355. The Morgan fingerprint density at radius 1 is 1.04 bits per heavy atom. The van der Waals surface area contributed by atoms with Crippen LogP contribution in [0.5, 0.6) is 5.75 Å². The number of nitrogens with zero attached hydrogens (tertiary/aromatic N) is 2. The Hall–Kier alpha value is -2.74. The minimum absolute atomic E-state index is 0.0855. The summed E-state index contributed by atoms with van der Waals surface area (Å²) < 4.78 is 6.73. The summed E-state index contributed by atoms with van der Waals surface area (Å²) in [6, 6.07) is 17.8. The largest absolute Gasteiger partial charge is 0.497 e. The highest BCUT2D eigenvalue weighted by atomic mass is 35.5. The van der Waals surface area contributed by atoms with E-state index in [0.717, 1.165) is 16.9 Å². The molecule has 26 heavy (non-hydrogen) atoms. The van der Waals surface area contributed by atoms with Crippen molar-refractivity contribution < 1.29 is 4.74 Å². The summed E-state index contributed by atoms with van der Waals surface area (Å²) in [5.74, 6) is 0.723. The Morgan fingerprint density at radius 3 is 2.38 bits per heavy atom. The lowest BCUT2D eigenvalue weighted by atomic mass is 10.1. The quantitative estimate of drug-likeness (QED) is 0.651. The van der Waals surface area contributed by atoms with Crippen LogP contribution in [0.4, 0.5) is 0 Å². The summed E-state index contributed by atoms with van der Waals surface area (Å²) in [6.45, 7) is 0.270. The number of ether oxygens (including phenoxy) is 1. The van der Waals surface area contributed by atoms with E-state index in [1.165, 1.54) is 6.07 Å². The molecule has 0 N–H and O–H groups in total. The molecular formula is C20H14Cl2N2O2. The van der Waals surface area contributed by atoms with Gasteiger partial charge in [-0.1, -0.05) is 29.3 Å². The molecule has 0 atom stereocenters. The van der Waals surface area contributed by atoms with Crippen molar-refractivity contribution in [2.24, 2.45) is 0 Å². The van der Waals surface area contributed by atoms with Crippen LogP contribution in [-0.4, -0.2) is 11.7 Å². The first-order valence-electron chi connectivity index (χ1n) is 7.76. The predicted octanol–water partition coefficient (Wildman–Crippen LogP) is 4.75. The van der Waals surface area contributed by atoms with Crippen molar-refractivity contribution in [3.8, 4) is 23.1 Å². The lowest BCUT2D eigenvalue weighted by Gasteiger charge is -2.14. The van der Waals surface area contributed by atoms with Crippen LogP contribution in [-0.2, 0) is 6.54 Å². The van der Waals surface area contributed by atoms with Crippen LogP contribution in [0.2, 0.25) is 10.0 Å². The van der Waals surface area contributed by atoms with Gasteiger partial charge in [0.2, 0.25) is 0 Å². The molecule has 0 spiro atoms. The average molecular weight is 385 g/mol. The number of hydrogen-bond acceptors (Lipinski definition) is 3. The zero-order valence-electron chi connectivity index (χ0n) is 13.9. The number of halogens is 2. The van der Waals surface area contributed by atoms with Crippen molar-refractivity contribution in [3.63, 3.8) is 0 Å². The Morgan fingerprint density at radius 2 is 1.77 bits per heavy atom. The van der Waals surface area contributed by atoms with Crippen molar-refractivity contribution >= 4 is 23.2 Å². The van der Waals surface area contributed by atoms with Gasteiger partial charge in [0, 0.05) is 0 Å². The van der Waals surface area contributed by atoms with Crippen molar-refractivity contribution in [2.45, 2.75) is 6.54 Å². The highest BCUT2D eigenvalue weighted by molar-refractivity contribution is 6.42. The van der Waals surface area contributed by atoms with Crippen molar-refractivity contribution in [2.75, 3.05) is 7.11 Å². The molecule has 1 aromatic heterocycles. The Kier molecular flexibility index (Phi) is 5.32. The fourth-order valence-electron chi connectivity index (χ4n) is 2.65. The van der Waals surface area contributed by atoms with Gasteiger partial charge in [-0.25, -0.2) is 0 Å². The second-order valence-electron chi connectivity index (χ2n) is 5.61. The number of rotatable bonds is 4. The molecule has 4 nitrogen and oxygen atoms in total. The third kappa shape index (κ3) is 3.60. The SMILES string of the molecule is COc1ccc(-c2ccc(C#N)c(=O)n2Cc2ccc(Cl)c(Cl)c2)cc1. The van der Waals surface area contributed by atoms with Gasteiger partial charge in [0.1, 0.15) is 17.4 Å². The topological polar surface area (TPSA) is 55.0 Å². The van der Waals surface area contributed by atoms with E-state index in [9.17, 15) is 10.1 Å². The average Bonchev–Trinajstić information content (AvgIpc) is 2.66. The van der Waals surface area contributed by atoms with E-state index in [1.54, 1.807) is 35.9 Å². The molecule has 1 heterocycles. The molecule has 3 aromatic rings. The highest BCUT2D eigenvalue weighted by Gasteiger charge is 2.12. The van der Waals surface area contributed by atoms with Gasteiger partial charge in [-0.05, 0) is 59.7 Å². The van der Waals surface area contributed by atoms with Crippen molar-refractivity contribution in [1.82, 2.24) is 4.57 Å². The molecule has 0 saturated carbocycles. The molecule has 0 fully saturated rings. The molecule has 0 aliphatic rings. The smallest absolute Gasteiger partial charge is 0.269 e. The molecular weight excluding hydrogens is 371 g/mol. The maximum atomic E-state index is 12.7. The fourth-order valence-corrected chi connectivity index (χ4v) is 2.98. The van der Waals surface area contributed by atoms with Crippen LogP contribution in [0.25, 0.3) is 11.3 Å². The van der Waals surface area contributed by atoms with Crippen LogP contribution >= 0.6 is 23.2 Å². The molecule has 3 rings (SSSR count). The summed E-state index contributed by atoms with van der Waals surface area (Å²) in [4.78, 5) is 12.7. The summed E-state index contributed by atoms with van der Waals surface area (Å²) in [7, 11) is 1.59. The monoisotopic (exact) mass is 384 g/mol. The van der Waals surface area contributed by atoms with Gasteiger partial charge in [-0.15, -0.1) is 0 Å². The van der Waals surface area contributed by atoms with Crippen LogP contribution in [0.15, 0.2) is 59.4 Å². The Balaban J connectivity index is 2.12. The van der Waals surface area contributed by atoms with E-state index >= 15 is 0 Å². The first-order chi connectivity index (χ1) is 12.5. The number of methoxy groups -OCH3 is 1. The molecule has 0 radical (unpaired) electrons. The van der Waals surface area contributed by atoms with Crippen LogP contribution in [0, 0.1) is 11.3 Å². The second-order valence-corrected chi connectivity index (χ2v) is 6.43. The molecule has 0 aliphatic carbocycles. The lowest BCUT2D eigenvalue weighted by molar-refractivity contribution is 0.415. The van der Waals surface area contributed by atoms with Gasteiger partial charge >= 0.3 is 0 Å². The van der Waals surface area contributed by atoms with E-state index in [1.807, 2.05) is 30.3 Å². The standard InChI is InChI=1S/C20H14Cl2N2O2/c1-26-16-6-3-14(4-7-16)19-9-5-15(11-23)20(25)24(19)12-13-2-8-17(21)18(22)10-13/h2-10H,12H2,1H3. The van der Waals surface area contributed by atoms with E-state index in [2.05, 4.69) is 0 Å². The predicted molar refractivity (Wildman–Crippen MR) is 103 cm³/mol. The molecule has 2 aromatic carbocycles. The normalized spacial score (nSPS) is 10.4. The third-order valence-electron chi connectivity index (χ3n) is 4.01. The maximum absolute atomic E-state index is 12.7. The highest BCUT2D eigenvalue weighted by Crippen LogP contribution is 2.25. The first-order valence-corrected chi connectivity index (χ1v) is 8.51. The lowest BCUT2D eigenvalue weighted by Crippen LogP contribution is -2.24. The number of nitriles is 1. The Labute approximate surface area is 160 Å². The fraction of sp³-hybridized carbons (Fsp3) is 0.100. The molecule has 0 saturated heterocycles. The molecule has 0 aliphatic heterocycles. The zero-order valence-corrected chi connectivity index (χ0v) is 15.4. The van der Waals surface area contributed by atoms with Crippen LogP contribution in [0.3, 0.4) is 0 Å². The maximum Gasteiger partial charge on any atom is 0.269 e. The van der Waals surface area contributed by atoms with E-state index in [0.29, 0.717) is 15.7 Å². The summed E-state index contributed by atoms with van der Waals surface area (Å²) in [5, 5.41) is 10.1. The second kappa shape index (κ2) is 7.65. The van der Waals surface area contributed by atoms with Gasteiger partial charge in [-0.2, -0.15) is 5.26 Å². The van der Waals surface area contributed by atoms with Crippen molar-refractivity contribution in [1.29, 1.82) is 5.26 Å². The minimum Gasteiger partial charge on any atom is -0.497 e. The van der Waals surface area contributed by atoms with Gasteiger partial charge in [-0.3, -0.25) is 4.79 Å². The molecule has 0 unspecified atom stereocenters. The number of hydrogen-bond donors (Lipinski definition) is 0. The van der Waals surface area contributed by atoms with E-state index in [4.69, 9.17) is 27.9 Å². The summed E-state index contributed by atoms with van der Waals surface area (Å²) in [5.41, 5.74) is 2.08. The summed E-state index contributed by atoms with van der Waals surface area (Å²) >= 11 is 12.0. The zero-order chi connectivity index (χ0) is 18.7. The van der Waals surface area contributed by atoms with Crippen molar-refractivity contribution in [3.05, 3.63) is 86.1 Å². The van der Waals surface area contributed by atoms with Crippen LogP contribution < -0.4 is 10.3 Å². The van der Waals surface area contributed by atoms with Gasteiger partial charge in [0.05, 0.1) is 29.4 Å². The molecule has 0 amide bonds. The number of pyridine rings is 1. The molecule has 130 valence electrons. The van der Waals surface area contributed by atoms with Gasteiger partial charge in [0.15, 0.2) is 0 Å². The number of aromatic nitrogens is 1. The molecule has 0 bridgehead atoms. The summed E-state index contributed by atoms with van der Waals surface area (Å²) in [6.07, 6.45) is 0.